The summed E-state index contributed by atoms with van der Waals surface area (Å²) in [6.45, 7) is -9.90. The predicted octanol–water partition coefficient (Wildman–Crippen LogP) is 3.40. The van der Waals surface area contributed by atoms with Crippen molar-refractivity contribution in [3.8, 4) is 0 Å². The lowest BCUT2D eigenvalue weighted by Gasteiger charge is -2.26. The molecule has 5 rings (SSSR count). The van der Waals surface area contributed by atoms with Gasteiger partial charge in [0.05, 0.1) is 80.1 Å². The Hall–Kier alpha value is -3.52. The van der Waals surface area contributed by atoms with E-state index in [0.717, 1.165) is 38.6 Å². The zero-order valence-electron chi connectivity index (χ0n) is 59.1. The summed E-state index contributed by atoms with van der Waals surface area (Å²) in [7, 11) is 7.59. The molecule has 3 fully saturated rings. The lowest BCUT2D eigenvalue weighted by atomic mass is 10.2. The second-order valence-electron chi connectivity index (χ2n) is 12.6. The third-order valence-corrected chi connectivity index (χ3v) is 8.14. The van der Waals surface area contributed by atoms with E-state index >= 15 is 0 Å². The van der Waals surface area contributed by atoms with Gasteiger partial charge >= 0.3 is 23.9 Å². The minimum absolute atomic E-state index is 0.0203. The van der Waals surface area contributed by atoms with Crippen LogP contribution in [0.1, 0.15) is 78.4 Å². The van der Waals surface area contributed by atoms with Gasteiger partial charge in [-0.15, -0.1) is 0 Å². The third kappa shape index (κ3) is 66.6. The Kier molecular flexibility index (Phi) is 44.8. The number of rotatable bonds is 21. The average molecular weight is 1200 g/mol. The molecule has 3 heterocycles. The molecule has 2 aromatic rings. The quantitative estimate of drug-likeness (QED) is 0.0592. The Morgan fingerprint density at radius 3 is 1.49 bits per heavy atom. The smallest absolute Gasteiger partial charge is 0.331 e. The van der Waals surface area contributed by atoms with Crippen molar-refractivity contribution >= 4 is 64.6 Å². The summed E-state index contributed by atoms with van der Waals surface area (Å²) in [4.78, 5) is 41.2. The largest absolute Gasteiger partial charge is 0.480 e. The Morgan fingerprint density at radius 2 is 1.11 bits per heavy atom. The van der Waals surface area contributed by atoms with Crippen molar-refractivity contribution in [2.45, 2.75) is 63.7 Å². The maximum absolute atomic E-state index is 11.9. The highest BCUT2D eigenvalue weighted by Gasteiger charge is 2.14. The number of halogens is 2. The maximum Gasteiger partial charge on any atom is 0.331 e. The molecular formula is C48H85Cl2NO23S2. The fourth-order valence-electron chi connectivity index (χ4n) is 3.88. The Labute approximate surface area is 482 Å². The first-order valence-corrected chi connectivity index (χ1v) is 25.8. The fraction of sp³-hybridized carbons (Fsp3) is 0.667. The Morgan fingerprint density at radius 1 is 0.671 bits per heavy atom. The van der Waals surface area contributed by atoms with Gasteiger partial charge in [0.1, 0.15) is 26.4 Å². The molecule has 0 aromatic heterocycles. The number of morpholine rings is 1. The predicted molar refractivity (Wildman–Crippen MR) is 285 cm³/mol. The van der Waals surface area contributed by atoms with Crippen molar-refractivity contribution < 1.29 is 131 Å². The zero-order valence-corrected chi connectivity index (χ0v) is 46.2. The van der Waals surface area contributed by atoms with Gasteiger partial charge in [0.15, 0.2) is 0 Å². The van der Waals surface area contributed by atoms with Crippen LogP contribution in [0.5, 0.6) is 0 Å². The van der Waals surface area contributed by atoms with E-state index in [1.165, 1.54) is 51.0 Å². The summed E-state index contributed by atoms with van der Waals surface area (Å²) in [5, 5.41) is 46.7. The number of carbonyl (C=O) groups is 4. The number of aliphatic hydroxyl groups excluding tert-OH is 2. The molecule has 0 radical (unpaired) electrons. The monoisotopic (exact) mass is 1190 g/mol. The molecule has 76 heavy (non-hydrogen) atoms. The van der Waals surface area contributed by atoms with Gasteiger partial charge in [-0.2, -0.15) is 8.42 Å². The molecule has 0 atom stereocenters. The van der Waals surface area contributed by atoms with E-state index in [1.807, 2.05) is 30.3 Å². The van der Waals surface area contributed by atoms with Gasteiger partial charge in [0.2, 0.25) is 9.23 Å². The van der Waals surface area contributed by atoms with Gasteiger partial charge in [0, 0.05) is 102 Å². The van der Waals surface area contributed by atoms with Gasteiger partial charge in [-0.05, 0) is 63.0 Å². The highest BCUT2D eigenvalue weighted by Crippen LogP contribution is 2.13. The topological polar surface area (TPSA) is 336 Å². The number of esters is 2. The molecule has 24 nitrogen and oxygen atoms in total. The summed E-state index contributed by atoms with van der Waals surface area (Å²) in [5.41, 5.74) is 1.76. The average Bonchev–Trinajstić information content (AvgIpc) is 0.799. The molecule has 0 unspecified atom stereocenters. The molecule has 0 aliphatic carbocycles. The van der Waals surface area contributed by atoms with E-state index in [0.29, 0.717) is 0 Å². The number of aryl methyl sites for hydroxylation is 1. The van der Waals surface area contributed by atoms with Crippen LogP contribution >= 0.6 is 21.4 Å². The van der Waals surface area contributed by atoms with Gasteiger partial charge < -0.3 is 73.3 Å². The van der Waals surface area contributed by atoms with Crippen molar-refractivity contribution in [3.63, 3.8) is 0 Å². The minimum atomic E-state index is -4.25. The molecule has 3 aliphatic heterocycles. The van der Waals surface area contributed by atoms with E-state index in [9.17, 15) is 27.6 Å². The Bertz CT molecular complexity index is 2340. The van der Waals surface area contributed by atoms with E-state index in [-0.39, 0.29) is 64.1 Å². The van der Waals surface area contributed by atoms with E-state index < -0.39 is 128 Å². The number of carboxylic acids is 2. The molecule has 0 saturated carbocycles. The molecule has 0 spiro atoms. The number of nitrogens with zero attached hydrogens (tertiary/aromatic N) is 1. The first-order valence-electron chi connectivity index (χ1n) is 29.6. The molecular weight excluding hydrogens is 1090 g/mol. The molecule has 6 N–H and O–H groups in total. The van der Waals surface area contributed by atoms with Crippen molar-refractivity contribution in [1.82, 2.24) is 4.90 Å². The fourth-order valence-corrected chi connectivity index (χ4v) is 4.65. The first-order chi connectivity index (χ1) is 42.0. The summed E-state index contributed by atoms with van der Waals surface area (Å²) >= 11 is 0. The third-order valence-electron chi connectivity index (χ3n) is 6.95. The number of aliphatic hydroxyl groups is 4. The number of ether oxygens (including phenoxy) is 9. The van der Waals surface area contributed by atoms with E-state index in [2.05, 4.69) is 49.2 Å². The summed E-state index contributed by atoms with van der Waals surface area (Å²) in [6.07, 6.45) is -2.10. The van der Waals surface area contributed by atoms with E-state index in [1.54, 1.807) is 19.1 Å². The number of methoxy groups -OCH3 is 2. The number of hydrogen-bond acceptors (Lipinski definition) is 22. The SMILES string of the molecule is C1CCOC1.CO.CO.COC(=O)COCC(=O)OC.O=C(O)COCC(=O)O.O=S(Cl)Cl.[2H]C([2H])(C)COCC([2H])([2H])OS(=O)(=O)c1ccc(C)cc1.[2H]C([2H])(O)COCC([2H])([2H])O.[2H]C1([2H])COCC([2H])([2H])C1.[2H]C1([2H])COCC([2H])([2H])N1Cc1ccccc1. The molecule has 3 saturated heterocycles. The van der Waals surface area contributed by atoms with Crippen molar-refractivity contribution in [2.75, 3.05) is 154 Å². The van der Waals surface area contributed by atoms with Crippen molar-refractivity contribution in [1.29, 1.82) is 0 Å². The van der Waals surface area contributed by atoms with Crippen molar-refractivity contribution in [3.05, 3.63) is 65.7 Å². The number of aliphatic carboxylic acids is 2. The van der Waals surface area contributed by atoms with Crippen LogP contribution in [0.3, 0.4) is 0 Å². The lowest BCUT2D eigenvalue weighted by molar-refractivity contribution is -0.152. The number of benzene rings is 2. The zero-order chi connectivity index (χ0) is 72.9. The first kappa shape index (κ1) is 53.1. The van der Waals surface area contributed by atoms with Gasteiger partial charge in [-0.25, -0.2) is 23.4 Å². The van der Waals surface area contributed by atoms with Crippen LogP contribution in [0.4, 0.5) is 0 Å². The Balaban J connectivity index is -0.000000323. The van der Waals surface area contributed by atoms with Crippen molar-refractivity contribution in [2.24, 2.45) is 0 Å². The molecule has 3 aliphatic rings. The van der Waals surface area contributed by atoms with Crippen LogP contribution < -0.4 is 0 Å². The van der Waals surface area contributed by atoms with Crippen LogP contribution in [0.2, 0.25) is 0 Å². The number of hydrogen-bond donors (Lipinski definition) is 6. The van der Waals surface area contributed by atoms with Gasteiger partial charge in [-0.1, -0.05) is 55.0 Å². The highest BCUT2D eigenvalue weighted by molar-refractivity contribution is 8.26. The van der Waals surface area contributed by atoms with Crippen LogP contribution in [-0.2, 0) is 91.9 Å². The minimum Gasteiger partial charge on any atom is -0.480 e. The number of carboxylic acid groups (broad SMARTS) is 2. The summed E-state index contributed by atoms with van der Waals surface area (Å²) < 4.78 is 194. The summed E-state index contributed by atoms with van der Waals surface area (Å²) in [5.74, 6) is -3.38. The maximum atomic E-state index is 11.9. The normalized spacial score (nSPS) is 19.6. The van der Waals surface area contributed by atoms with Gasteiger partial charge in [-0.3, -0.25) is 9.08 Å². The second kappa shape index (κ2) is 64.0. The van der Waals surface area contributed by atoms with Gasteiger partial charge in [0.25, 0.3) is 10.1 Å². The van der Waals surface area contributed by atoms with Crippen LogP contribution in [-0.4, -0.2) is 226 Å². The summed E-state index contributed by atoms with van der Waals surface area (Å²) in [6, 6.07) is 15.1. The molecule has 2 aromatic carbocycles. The number of carbonyl (C=O) groups excluding carboxylic acids is 2. The molecule has 446 valence electrons. The lowest BCUT2D eigenvalue weighted by Crippen LogP contribution is -2.35. The highest BCUT2D eigenvalue weighted by atomic mass is 36.0. The van der Waals surface area contributed by atoms with Crippen LogP contribution in [0.25, 0.3) is 0 Å². The standard InChI is InChI=1S/C12H18O4S.C11H15NO.C6H10O5.C5H10O.C4H6O5.C4H10O3.C4H8O.2CH4O.Cl2OS/c1-3-8-15-9-10-16-17(13,14)12-6-4-11(2)5-7-12;1-2-4-11(5-3-1)10-12-6-8-13-9-7-12;1-9-5(7)3-11-4-6(8)10-2;1-2-4-6-5-3-1;5-3(6)1-9-2-4(7)8;5-1-3-7-4-2-6;1-2-4-5-3-1;2*1-2;1-4(2)3/h4-7H,3,8-10H2,1-2H3;1-5H,6-10H2;3-4H2,1-2H3;1-5H2;1-2H2,(H,5,6)(H,7,8);5-6H,1-4H2;1-4H2;2*2H,1H3;/i3D2,10D2;6D2,7D2;;2D2,3D2;;1D2,2D2;;;;. The molecule has 0 bridgehead atoms. The molecule has 28 heteroatoms. The van der Waals surface area contributed by atoms with Crippen LogP contribution in [0.15, 0.2) is 59.5 Å². The van der Waals surface area contributed by atoms with Crippen LogP contribution in [0, 0.1) is 6.92 Å². The van der Waals surface area contributed by atoms with E-state index in [4.69, 9.17) is 75.7 Å². The second-order valence-corrected chi connectivity index (χ2v) is 16.7. The molecule has 0 amide bonds.